The first-order chi connectivity index (χ1) is 15.0. The molecular formula is C24H33N5O2. The number of aromatic hydroxyl groups is 1. The first-order valence-electron chi connectivity index (χ1n) is 10.9. The summed E-state index contributed by atoms with van der Waals surface area (Å²) in [4.78, 5) is 21.1. The van der Waals surface area contributed by atoms with Gasteiger partial charge in [-0.25, -0.2) is 0 Å². The molecule has 1 fully saturated rings. The molecule has 1 unspecified atom stereocenters. The van der Waals surface area contributed by atoms with Crippen molar-refractivity contribution in [3.63, 3.8) is 0 Å². The average Bonchev–Trinajstić information content (AvgIpc) is 2.80. The maximum Gasteiger partial charge on any atom is 0.251 e. The number of phenols is 1. The number of nitrogens with one attached hydrogen (secondary N) is 2. The van der Waals surface area contributed by atoms with E-state index in [1.807, 2.05) is 49.4 Å². The lowest BCUT2D eigenvalue weighted by Gasteiger charge is -2.37. The molecule has 1 saturated heterocycles. The average molecular weight is 424 g/mol. The van der Waals surface area contributed by atoms with Crippen LogP contribution in [-0.2, 0) is 6.54 Å². The molecule has 0 spiro atoms. The van der Waals surface area contributed by atoms with Crippen LogP contribution in [-0.4, -0.2) is 61.1 Å². The molecule has 7 nitrogen and oxygen atoms in total. The highest BCUT2D eigenvalue weighted by Gasteiger charge is 2.21. The summed E-state index contributed by atoms with van der Waals surface area (Å²) in [7, 11) is 1.79. The fraction of sp³-hybridized carbons (Fsp3) is 0.417. The van der Waals surface area contributed by atoms with Crippen molar-refractivity contribution in [2.45, 2.75) is 32.9 Å². The fourth-order valence-corrected chi connectivity index (χ4v) is 3.59. The van der Waals surface area contributed by atoms with Crippen LogP contribution in [0.4, 0.5) is 5.69 Å². The van der Waals surface area contributed by atoms with Crippen molar-refractivity contribution in [3.8, 4) is 5.75 Å². The van der Waals surface area contributed by atoms with Gasteiger partial charge in [-0.3, -0.25) is 9.79 Å². The van der Waals surface area contributed by atoms with E-state index in [9.17, 15) is 9.90 Å². The number of phenolic OH excluding ortho intramolecular Hbond substituents is 1. The number of guanidine groups is 1. The molecular weight excluding hydrogens is 390 g/mol. The number of benzene rings is 2. The summed E-state index contributed by atoms with van der Waals surface area (Å²) in [6.07, 6.45) is 0.910. The third-order valence-corrected chi connectivity index (χ3v) is 5.67. The van der Waals surface area contributed by atoms with Crippen molar-refractivity contribution in [1.29, 1.82) is 0 Å². The maximum atomic E-state index is 12.2. The Morgan fingerprint density at radius 2 is 1.77 bits per heavy atom. The number of nitrogens with zero attached hydrogens (tertiary/aromatic N) is 3. The lowest BCUT2D eigenvalue weighted by atomic mass is 10.1. The molecule has 1 aliphatic heterocycles. The standard InChI is InChI=1S/C24H33N5O2/c1-4-18(2)27-23(31)20-11-9-19(10-12-20)17-26-24(25-3)29-15-13-28(14-16-29)21-7-5-6-8-22(21)30/h5-12,18,30H,4,13-17H2,1-3H3,(H,25,26)(H,27,31). The number of para-hydroxylation sites is 2. The third kappa shape index (κ3) is 5.90. The van der Waals surface area contributed by atoms with E-state index in [0.717, 1.165) is 49.8 Å². The lowest BCUT2D eigenvalue weighted by Crippen LogP contribution is -2.52. The van der Waals surface area contributed by atoms with Crippen LogP contribution in [0.15, 0.2) is 53.5 Å². The number of anilines is 1. The summed E-state index contributed by atoms with van der Waals surface area (Å²) in [6, 6.07) is 15.3. The molecule has 7 heteroatoms. The Kier molecular flexibility index (Phi) is 7.76. The Morgan fingerprint density at radius 1 is 1.10 bits per heavy atom. The minimum atomic E-state index is -0.0352. The van der Waals surface area contributed by atoms with Crippen LogP contribution in [0.25, 0.3) is 0 Å². The van der Waals surface area contributed by atoms with Crippen molar-refractivity contribution >= 4 is 17.6 Å². The van der Waals surface area contributed by atoms with E-state index in [2.05, 4.69) is 32.3 Å². The van der Waals surface area contributed by atoms with E-state index in [1.165, 1.54) is 0 Å². The van der Waals surface area contributed by atoms with Crippen molar-refractivity contribution in [2.24, 2.45) is 4.99 Å². The topological polar surface area (TPSA) is 80.2 Å². The normalized spacial score (nSPS) is 15.5. The van der Waals surface area contributed by atoms with E-state index in [-0.39, 0.29) is 11.9 Å². The van der Waals surface area contributed by atoms with Gasteiger partial charge in [0.25, 0.3) is 5.91 Å². The Bertz CT molecular complexity index is 889. The monoisotopic (exact) mass is 423 g/mol. The van der Waals surface area contributed by atoms with Crippen LogP contribution < -0.4 is 15.5 Å². The number of piperazine rings is 1. The van der Waals surface area contributed by atoms with Gasteiger partial charge in [-0.1, -0.05) is 31.2 Å². The summed E-state index contributed by atoms with van der Waals surface area (Å²) >= 11 is 0. The van der Waals surface area contributed by atoms with Crippen molar-refractivity contribution in [3.05, 3.63) is 59.7 Å². The molecule has 3 rings (SSSR count). The minimum Gasteiger partial charge on any atom is -0.506 e. The predicted molar refractivity (Wildman–Crippen MR) is 126 cm³/mol. The zero-order valence-electron chi connectivity index (χ0n) is 18.6. The quantitative estimate of drug-likeness (QED) is 0.492. The molecule has 1 heterocycles. The first-order valence-corrected chi connectivity index (χ1v) is 10.9. The van der Waals surface area contributed by atoms with Gasteiger partial charge in [-0.05, 0) is 43.2 Å². The van der Waals surface area contributed by atoms with E-state index in [0.29, 0.717) is 17.9 Å². The largest absolute Gasteiger partial charge is 0.506 e. The molecule has 1 atom stereocenters. The molecule has 166 valence electrons. The SMILES string of the molecule is CCC(C)NC(=O)c1ccc(CNC(=NC)N2CCN(c3ccccc3O)CC2)cc1. The summed E-state index contributed by atoms with van der Waals surface area (Å²) in [5, 5.41) is 16.5. The van der Waals surface area contributed by atoms with Gasteiger partial charge in [0.05, 0.1) is 5.69 Å². The summed E-state index contributed by atoms with van der Waals surface area (Å²) in [5.74, 6) is 1.14. The highest BCUT2D eigenvalue weighted by atomic mass is 16.3. The Balaban J connectivity index is 1.51. The number of carbonyl (C=O) groups excluding carboxylic acids is 1. The summed E-state index contributed by atoms with van der Waals surface area (Å²) in [5.41, 5.74) is 2.64. The van der Waals surface area contributed by atoms with Gasteiger partial charge in [-0.2, -0.15) is 0 Å². The molecule has 0 radical (unpaired) electrons. The number of hydrogen-bond donors (Lipinski definition) is 3. The van der Waals surface area contributed by atoms with Gasteiger partial charge in [-0.15, -0.1) is 0 Å². The predicted octanol–water partition coefficient (Wildman–Crippen LogP) is 2.82. The molecule has 0 saturated carbocycles. The zero-order valence-corrected chi connectivity index (χ0v) is 18.6. The van der Waals surface area contributed by atoms with Gasteiger partial charge < -0.3 is 25.5 Å². The second-order valence-electron chi connectivity index (χ2n) is 7.84. The lowest BCUT2D eigenvalue weighted by molar-refractivity contribution is 0.0939. The molecule has 1 amide bonds. The number of aliphatic imine (C=N–C) groups is 1. The molecule has 1 aliphatic rings. The molecule has 2 aromatic rings. The molecule has 2 aromatic carbocycles. The van der Waals surface area contributed by atoms with Crippen LogP contribution in [0.3, 0.4) is 0 Å². The fourth-order valence-electron chi connectivity index (χ4n) is 3.59. The molecule has 0 aliphatic carbocycles. The Labute approximate surface area is 184 Å². The number of amides is 1. The van der Waals surface area contributed by atoms with Crippen LogP contribution in [0.5, 0.6) is 5.75 Å². The highest BCUT2D eigenvalue weighted by Crippen LogP contribution is 2.27. The van der Waals surface area contributed by atoms with Crippen LogP contribution in [0, 0.1) is 0 Å². The smallest absolute Gasteiger partial charge is 0.251 e. The van der Waals surface area contributed by atoms with Crippen LogP contribution in [0.2, 0.25) is 0 Å². The van der Waals surface area contributed by atoms with E-state index in [1.54, 1.807) is 13.1 Å². The summed E-state index contributed by atoms with van der Waals surface area (Å²) in [6.45, 7) is 7.98. The van der Waals surface area contributed by atoms with Crippen LogP contribution in [0.1, 0.15) is 36.2 Å². The van der Waals surface area contributed by atoms with Gasteiger partial charge in [0, 0.05) is 51.4 Å². The first kappa shape index (κ1) is 22.5. The van der Waals surface area contributed by atoms with Gasteiger partial charge in [0.15, 0.2) is 5.96 Å². The number of rotatable bonds is 6. The van der Waals surface area contributed by atoms with E-state index >= 15 is 0 Å². The Morgan fingerprint density at radius 3 is 2.39 bits per heavy atom. The second kappa shape index (κ2) is 10.7. The molecule has 31 heavy (non-hydrogen) atoms. The van der Waals surface area contributed by atoms with Crippen LogP contribution >= 0.6 is 0 Å². The zero-order chi connectivity index (χ0) is 22.2. The van der Waals surface area contributed by atoms with Gasteiger partial charge in [0.2, 0.25) is 0 Å². The number of carbonyl (C=O) groups is 1. The molecule has 0 bridgehead atoms. The minimum absolute atomic E-state index is 0.0352. The van der Waals surface area contributed by atoms with E-state index in [4.69, 9.17) is 0 Å². The molecule has 0 aromatic heterocycles. The number of hydrogen-bond acceptors (Lipinski definition) is 4. The van der Waals surface area contributed by atoms with Gasteiger partial charge >= 0.3 is 0 Å². The van der Waals surface area contributed by atoms with Crippen molar-refractivity contribution in [1.82, 2.24) is 15.5 Å². The van der Waals surface area contributed by atoms with E-state index < -0.39 is 0 Å². The Hall–Kier alpha value is -3.22. The van der Waals surface area contributed by atoms with Gasteiger partial charge in [0.1, 0.15) is 5.75 Å². The van der Waals surface area contributed by atoms with Crippen molar-refractivity contribution < 1.29 is 9.90 Å². The molecule has 3 N–H and O–H groups in total. The summed E-state index contributed by atoms with van der Waals surface area (Å²) < 4.78 is 0. The maximum absolute atomic E-state index is 12.2. The third-order valence-electron chi connectivity index (χ3n) is 5.67. The van der Waals surface area contributed by atoms with Crippen molar-refractivity contribution in [2.75, 3.05) is 38.1 Å². The second-order valence-corrected chi connectivity index (χ2v) is 7.84. The highest BCUT2D eigenvalue weighted by molar-refractivity contribution is 5.94.